The minimum absolute atomic E-state index is 0.0246. The molecule has 0 aromatic carbocycles. The first-order valence-corrected chi connectivity index (χ1v) is 9.41. The van der Waals surface area contributed by atoms with Gasteiger partial charge < -0.3 is 4.57 Å². The van der Waals surface area contributed by atoms with Crippen LogP contribution in [0.4, 0.5) is 0 Å². The number of imidazole rings is 1. The van der Waals surface area contributed by atoms with E-state index < -0.39 is 10.0 Å². The molecule has 1 aliphatic rings. The van der Waals surface area contributed by atoms with Crippen molar-refractivity contribution in [3.05, 3.63) is 40.7 Å². The number of sulfonamides is 1. The first-order valence-electron chi connectivity index (χ1n) is 7.93. The van der Waals surface area contributed by atoms with Gasteiger partial charge in [-0.1, -0.05) is 0 Å². The lowest BCUT2D eigenvalue weighted by Crippen LogP contribution is -2.39. The van der Waals surface area contributed by atoms with Gasteiger partial charge in [-0.2, -0.15) is 5.10 Å². The molecule has 0 amide bonds. The third-order valence-corrected chi connectivity index (χ3v) is 5.86. The van der Waals surface area contributed by atoms with Crippen LogP contribution in [0.1, 0.15) is 37.5 Å². The van der Waals surface area contributed by atoms with Gasteiger partial charge in [0.2, 0.25) is 0 Å². The van der Waals surface area contributed by atoms with Gasteiger partial charge in [0.15, 0.2) is 5.03 Å². The van der Waals surface area contributed by atoms with Crippen molar-refractivity contribution in [2.24, 2.45) is 7.05 Å². The molecule has 0 radical (unpaired) electrons. The predicted octanol–water partition coefficient (Wildman–Crippen LogP) is 0.747. The molecule has 24 heavy (non-hydrogen) atoms. The van der Waals surface area contributed by atoms with Crippen molar-refractivity contribution < 1.29 is 8.42 Å². The van der Waals surface area contributed by atoms with E-state index in [4.69, 9.17) is 0 Å². The summed E-state index contributed by atoms with van der Waals surface area (Å²) in [6.45, 7) is 1.76. The number of hydrogen-bond donors (Lipinski definition) is 1. The number of aromatic nitrogens is 4. The largest absolute Gasteiger partial charge is 0.337 e. The fraction of sp³-hybridized carbons (Fsp3) is 0.533. The van der Waals surface area contributed by atoms with E-state index in [-0.39, 0.29) is 22.7 Å². The molecule has 0 bridgehead atoms. The normalized spacial score (nSPS) is 21.8. The number of hydrogen-bond acceptors (Lipinski definition) is 5. The molecular weight excluding hydrogens is 330 g/mol. The van der Waals surface area contributed by atoms with Crippen LogP contribution in [0.15, 0.2) is 34.3 Å². The molecule has 2 aromatic heterocycles. The minimum atomic E-state index is -3.62. The molecule has 2 heterocycles. The van der Waals surface area contributed by atoms with Crippen molar-refractivity contribution in [2.75, 3.05) is 0 Å². The SMILES string of the molecule is Cc1nc(S(=O)(=O)NC2CCC(n3ncccc3=O)CC2)cn1C. The third kappa shape index (κ3) is 3.41. The zero-order valence-electron chi connectivity index (χ0n) is 13.7. The second kappa shape index (κ2) is 6.48. The Hall–Kier alpha value is -2.00. The summed E-state index contributed by atoms with van der Waals surface area (Å²) < 4.78 is 30.7. The van der Waals surface area contributed by atoms with Crippen LogP contribution in [-0.2, 0) is 17.1 Å². The smallest absolute Gasteiger partial charge is 0.266 e. The van der Waals surface area contributed by atoms with Crippen LogP contribution in [0.2, 0.25) is 0 Å². The molecule has 0 spiro atoms. The highest BCUT2D eigenvalue weighted by Crippen LogP contribution is 2.27. The van der Waals surface area contributed by atoms with Crippen LogP contribution in [-0.4, -0.2) is 33.8 Å². The van der Waals surface area contributed by atoms with Gasteiger partial charge in [0.05, 0.1) is 6.04 Å². The van der Waals surface area contributed by atoms with Crippen molar-refractivity contribution in [2.45, 2.75) is 49.7 Å². The second-order valence-electron chi connectivity index (χ2n) is 6.17. The summed E-state index contributed by atoms with van der Waals surface area (Å²) in [6, 6.07) is 2.99. The number of nitrogens with zero attached hydrogens (tertiary/aromatic N) is 4. The van der Waals surface area contributed by atoms with E-state index >= 15 is 0 Å². The average Bonchev–Trinajstić information content (AvgIpc) is 2.89. The van der Waals surface area contributed by atoms with Gasteiger partial charge in [0, 0.05) is 31.5 Å². The Morgan fingerprint density at radius 2 is 1.96 bits per heavy atom. The van der Waals surface area contributed by atoms with Gasteiger partial charge in [0.25, 0.3) is 15.6 Å². The molecule has 8 nitrogen and oxygen atoms in total. The highest BCUT2D eigenvalue weighted by atomic mass is 32.2. The van der Waals surface area contributed by atoms with Gasteiger partial charge in [-0.05, 0) is 38.7 Å². The molecule has 0 saturated heterocycles. The maximum atomic E-state index is 12.4. The molecule has 1 saturated carbocycles. The summed E-state index contributed by atoms with van der Waals surface area (Å²) in [5.41, 5.74) is -0.120. The van der Waals surface area contributed by atoms with Gasteiger partial charge in [-0.3, -0.25) is 4.79 Å². The first kappa shape index (κ1) is 16.8. The fourth-order valence-electron chi connectivity index (χ4n) is 3.02. The number of nitrogens with one attached hydrogen (secondary N) is 1. The first-order chi connectivity index (χ1) is 11.4. The Balaban J connectivity index is 1.65. The Morgan fingerprint density at radius 3 is 2.54 bits per heavy atom. The van der Waals surface area contributed by atoms with Crippen molar-refractivity contribution in [3.63, 3.8) is 0 Å². The third-order valence-electron chi connectivity index (χ3n) is 4.47. The molecule has 0 unspecified atom stereocenters. The average molecular weight is 351 g/mol. The zero-order valence-corrected chi connectivity index (χ0v) is 14.5. The predicted molar refractivity (Wildman–Crippen MR) is 88.1 cm³/mol. The van der Waals surface area contributed by atoms with E-state index in [0.717, 1.165) is 0 Å². The highest BCUT2D eigenvalue weighted by molar-refractivity contribution is 7.89. The fourth-order valence-corrected chi connectivity index (χ4v) is 4.36. The molecule has 1 aliphatic carbocycles. The summed E-state index contributed by atoms with van der Waals surface area (Å²) >= 11 is 0. The van der Waals surface area contributed by atoms with Crippen LogP contribution < -0.4 is 10.3 Å². The molecule has 9 heteroatoms. The number of rotatable bonds is 4. The highest BCUT2D eigenvalue weighted by Gasteiger charge is 2.28. The van der Waals surface area contributed by atoms with Gasteiger partial charge in [-0.25, -0.2) is 22.8 Å². The number of aryl methyl sites for hydroxylation is 2. The van der Waals surface area contributed by atoms with Crippen LogP contribution in [0.25, 0.3) is 0 Å². The van der Waals surface area contributed by atoms with E-state index in [2.05, 4.69) is 14.8 Å². The Bertz CT molecular complexity index is 859. The standard InChI is InChI=1S/C15H21N5O3S/c1-11-17-14(10-19(11)2)24(22,23)18-12-5-7-13(8-6-12)20-15(21)4-3-9-16-20/h3-4,9-10,12-13,18H,5-8H2,1-2H3. The van der Waals surface area contributed by atoms with Crippen LogP contribution in [0, 0.1) is 6.92 Å². The van der Waals surface area contributed by atoms with Crippen molar-refractivity contribution in [1.82, 2.24) is 24.1 Å². The van der Waals surface area contributed by atoms with E-state index in [1.54, 1.807) is 30.8 Å². The summed E-state index contributed by atoms with van der Waals surface area (Å²) in [4.78, 5) is 15.9. The summed E-state index contributed by atoms with van der Waals surface area (Å²) in [5.74, 6) is 0.647. The van der Waals surface area contributed by atoms with Crippen LogP contribution >= 0.6 is 0 Å². The van der Waals surface area contributed by atoms with Crippen LogP contribution in [0.5, 0.6) is 0 Å². The monoisotopic (exact) mass is 351 g/mol. The topological polar surface area (TPSA) is 98.9 Å². The molecule has 1 N–H and O–H groups in total. The summed E-state index contributed by atoms with van der Waals surface area (Å²) in [6.07, 6.45) is 5.87. The summed E-state index contributed by atoms with van der Waals surface area (Å²) in [5, 5.41) is 4.16. The molecule has 130 valence electrons. The lowest BCUT2D eigenvalue weighted by molar-refractivity contribution is 0.285. The van der Waals surface area contributed by atoms with E-state index in [1.807, 2.05) is 0 Å². The van der Waals surface area contributed by atoms with E-state index in [0.29, 0.717) is 31.5 Å². The molecular formula is C15H21N5O3S. The second-order valence-corrected chi connectivity index (χ2v) is 7.83. The quantitative estimate of drug-likeness (QED) is 0.876. The zero-order chi connectivity index (χ0) is 17.3. The molecule has 3 rings (SSSR count). The Labute approximate surface area is 140 Å². The molecule has 1 fully saturated rings. The maximum absolute atomic E-state index is 12.4. The lowest BCUT2D eigenvalue weighted by Gasteiger charge is -2.28. The molecule has 0 aliphatic heterocycles. The van der Waals surface area contributed by atoms with Gasteiger partial charge >= 0.3 is 0 Å². The molecule has 2 aromatic rings. The van der Waals surface area contributed by atoms with Gasteiger partial charge in [0.1, 0.15) is 5.82 Å². The Morgan fingerprint density at radius 1 is 1.25 bits per heavy atom. The van der Waals surface area contributed by atoms with E-state index in [9.17, 15) is 13.2 Å². The minimum Gasteiger partial charge on any atom is -0.337 e. The molecule has 0 atom stereocenters. The lowest BCUT2D eigenvalue weighted by atomic mass is 9.92. The van der Waals surface area contributed by atoms with Crippen molar-refractivity contribution in [1.29, 1.82) is 0 Å². The van der Waals surface area contributed by atoms with Crippen molar-refractivity contribution >= 4 is 10.0 Å². The van der Waals surface area contributed by atoms with Gasteiger partial charge in [-0.15, -0.1) is 0 Å². The van der Waals surface area contributed by atoms with Crippen LogP contribution in [0.3, 0.4) is 0 Å². The van der Waals surface area contributed by atoms with E-state index in [1.165, 1.54) is 16.9 Å². The van der Waals surface area contributed by atoms with Crippen molar-refractivity contribution in [3.8, 4) is 0 Å². The Kier molecular flexibility index (Phi) is 4.55. The maximum Gasteiger partial charge on any atom is 0.266 e. The summed E-state index contributed by atoms with van der Waals surface area (Å²) in [7, 11) is -1.86.